The number of hydrogen-bond donors (Lipinski definition) is 0. The third kappa shape index (κ3) is 7.49. The minimum absolute atomic E-state index is 0. The van der Waals surface area contributed by atoms with Gasteiger partial charge < -0.3 is 19.4 Å². The van der Waals surface area contributed by atoms with Gasteiger partial charge in [0.2, 0.25) is 0 Å². The molecule has 0 aliphatic rings. The zero-order chi connectivity index (χ0) is 38.6. The number of nitrogens with zero attached hydrogens (tertiary/aromatic N) is 9. The quantitative estimate of drug-likeness (QED) is 0.166. The fourth-order valence-corrected chi connectivity index (χ4v) is 6.67. The Morgan fingerprint density at radius 2 is 0.845 bits per heavy atom. The van der Waals surface area contributed by atoms with E-state index in [-0.39, 0.29) is 20.1 Å². The van der Waals surface area contributed by atoms with E-state index in [1.165, 1.54) is 0 Å². The van der Waals surface area contributed by atoms with Gasteiger partial charge in [0.05, 0.1) is 31.3 Å². The summed E-state index contributed by atoms with van der Waals surface area (Å²) in [6.07, 6.45) is 1.75. The van der Waals surface area contributed by atoms with E-state index in [2.05, 4.69) is 47.5 Å². The zero-order valence-electron chi connectivity index (χ0n) is 31.3. The van der Waals surface area contributed by atoms with Crippen molar-refractivity contribution in [2.45, 2.75) is 0 Å². The van der Waals surface area contributed by atoms with E-state index in [9.17, 15) is 0 Å². The topological polar surface area (TPSA) is 120 Å². The minimum atomic E-state index is 0. The summed E-state index contributed by atoms with van der Waals surface area (Å²) in [5.74, 6) is 2.40. The molecule has 0 saturated heterocycles. The van der Waals surface area contributed by atoms with Crippen molar-refractivity contribution in [1.82, 2.24) is 44.9 Å². The maximum Gasteiger partial charge on any atom is 0.126 e. The van der Waals surface area contributed by atoms with Gasteiger partial charge in [0.1, 0.15) is 33.6 Å². The first-order valence-corrected chi connectivity index (χ1v) is 18.2. The van der Waals surface area contributed by atoms with Gasteiger partial charge in [-0.1, -0.05) is 103 Å². The van der Waals surface area contributed by atoms with Crippen LogP contribution < -0.4 is 14.5 Å². The number of ether oxygens (including phenoxy) is 2. The van der Waals surface area contributed by atoms with Crippen LogP contribution in [0.4, 0.5) is 0 Å². The Kier molecular flexibility index (Phi) is 10.9. The van der Waals surface area contributed by atoms with E-state index >= 15 is 0 Å². The maximum atomic E-state index is 5.43. The molecule has 0 bridgehead atoms. The van der Waals surface area contributed by atoms with Crippen LogP contribution in [0.15, 0.2) is 170 Å². The van der Waals surface area contributed by atoms with E-state index < -0.39 is 0 Å². The number of aromatic nitrogens is 9. The molecule has 0 aliphatic heterocycles. The Balaban J connectivity index is 0.000000122. The second-order valence-corrected chi connectivity index (χ2v) is 12.9. The van der Waals surface area contributed by atoms with Gasteiger partial charge in [0.25, 0.3) is 0 Å². The van der Waals surface area contributed by atoms with Crippen LogP contribution in [0.3, 0.4) is 0 Å². The van der Waals surface area contributed by atoms with Crippen molar-refractivity contribution in [2.75, 3.05) is 14.2 Å². The fraction of sp³-hybridized carbons (Fsp3) is 0.0435. The van der Waals surface area contributed by atoms with Gasteiger partial charge in [-0.25, -0.2) is 0 Å². The van der Waals surface area contributed by atoms with Crippen LogP contribution in [0, 0.1) is 0 Å². The largest absolute Gasteiger partial charge is 0.496 e. The summed E-state index contributed by atoms with van der Waals surface area (Å²) >= 11 is 0. The standard InChI is InChI=1S/2C17H13N3O.C12H8N3.Ir/c2*1-21-17-11-10-16(12-6-2-3-7-13(12)17)20-18-14-8-4-5-9-15(14)19-20;1-2-6-10-9(5-1)14-12(15-10)11-7-3-4-8-13-11;/h2*2-11H,1H3;1-8H;/q;;-1;. The summed E-state index contributed by atoms with van der Waals surface area (Å²) in [6, 6.07) is 53.4. The molecule has 0 aliphatic carbocycles. The van der Waals surface area contributed by atoms with Crippen LogP contribution in [0.25, 0.3) is 77.5 Å². The number of hydrogen-bond acceptors (Lipinski definition) is 8. The molecule has 0 saturated carbocycles. The minimum Gasteiger partial charge on any atom is -0.496 e. The predicted octanol–water partition coefficient (Wildman–Crippen LogP) is 9.42. The maximum absolute atomic E-state index is 5.43. The van der Waals surface area contributed by atoms with Gasteiger partial charge in [-0.3, -0.25) is 4.98 Å². The molecule has 4 aromatic heterocycles. The number of methoxy groups -OCH3 is 2. The van der Waals surface area contributed by atoms with Gasteiger partial charge >= 0.3 is 0 Å². The molecule has 0 fully saturated rings. The van der Waals surface area contributed by atoms with Crippen molar-refractivity contribution in [1.29, 1.82) is 0 Å². The molecule has 4 heterocycles. The average molecular weight is 937 g/mol. The Morgan fingerprint density at radius 3 is 1.28 bits per heavy atom. The molecule has 0 spiro atoms. The summed E-state index contributed by atoms with van der Waals surface area (Å²) in [5.41, 5.74) is 8.08. The third-order valence-electron chi connectivity index (χ3n) is 9.39. The van der Waals surface area contributed by atoms with E-state index in [4.69, 9.17) is 9.47 Å². The molecule has 0 N–H and O–H groups in total. The fourth-order valence-electron chi connectivity index (χ4n) is 6.67. The molecule has 12 heteroatoms. The number of rotatable bonds is 5. The average Bonchev–Trinajstić information content (AvgIpc) is 4.04. The van der Waals surface area contributed by atoms with Crippen LogP contribution in [0.2, 0.25) is 0 Å². The van der Waals surface area contributed by atoms with Gasteiger partial charge in [0, 0.05) is 47.8 Å². The van der Waals surface area contributed by atoms with E-state index in [1.807, 2.05) is 152 Å². The SMILES string of the molecule is COc1ccc(-n2nc3ccccc3n2)c2ccccc12.COc1ccc(-n2nc3ccccc3n2)c2ccccc12.[Ir].c1ccc(-c2nc3ccccc3[n-]2)nc1. The first-order valence-electron chi connectivity index (χ1n) is 18.2. The van der Waals surface area contributed by atoms with Crippen LogP contribution >= 0.6 is 0 Å². The molecule has 0 atom stereocenters. The van der Waals surface area contributed by atoms with Gasteiger partial charge in [-0.2, -0.15) is 0 Å². The van der Waals surface area contributed by atoms with Crippen LogP contribution in [-0.4, -0.2) is 54.2 Å². The number of fused-ring (bicyclic) bond motifs is 5. The van der Waals surface area contributed by atoms with Crippen LogP contribution in [0.5, 0.6) is 11.5 Å². The van der Waals surface area contributed by atoms with Crippen molar-refractivity contribution in [3.05, 3.63) is 170 Å². The third-order valence-corrected chi connectivity index (χ3v) is 9.39. The van der Waals surface area contributed by atoms with Crippen molar-refractivity contribution in [3.63, 3.8) is 0 Å². The first kappa shape index (κ1) is 37.6. The van der Waals surface area contributed by atoms with Crippen LogP contribution in [-0.2, 0) is 20.1 Å². The second-order valence-electron chi connectivity index (χ2n) is 12.9. The number of pyridine rings is 1. The first-order chi connectivity index (χ1) is 28.2. The zero-order valence-corrected chi connectivity index (χ0v) is 33.7. The Hall–Kier alpha value is -7.27. The molecule has 0 unspecified atom stereocenters. The summed E-state index contributed by atoms with van der Waals surface area (Å²) in [6.45, 7) is 0. The molecule has 285 valence electrons. The van der Waals surface area contributed by atoms with Crippen molar-refractivity contribution in [3.8, 4) is 34.4 Å². The monoisotopic (exact) mass is 937 g/mol. The Bertz CT molecular complexity index is 2890. The molecule has 7 aromatic carbocycles. The normalized spacial score (nSPS) is 10.8. The molecule has 58 heavy (non-hydrogen) atoms. The molecular weight excluding hydrogens is 903 g/mol. The van der Waals surface area contributed by atoms with Gasteiger partial charge in [-0.15, -0.1) is 30.0 Å². The number of benzene rings is 7. The second kappa shape index (κ2) is 16.8. The summed E-state index contributed by atoms with van der Waals surface area (Å²) in [5, 5.41) is 22.5. The molecule has 11 rings (SSSR count). The van der Waals surface area contributed by atoms with Crippen molar-refractivity contribution >= 4 is 54.6 Å². The van der Waals surface area contributed by atoms with E-state index in [0.29, 0.717) is 5.82 Å². The summed E-state index contributed by atoms with van der Waals surface area (Å²) < 4.78 is 10.9. The van der Waals surface area contributed by atoms with Gasteiger partial charge in [-0.05, 0) is 77.5 Å². The molecule has 0 amide bonds. The van der Waals surface area contributed by atoms with Gasteiger partial charge in [0.15, 0.2) is 0 Å². The Morgan fingerprint density at radius 1 is 0.431 bits per heavy atom. The Labute approximate surface area is 346 Å². The van der Waals surface area contributed by atoms with Crippen LogP contribution in [0.1, 0.15) is 0 Å². The number of imidazole rings is 1. The summed E-state index contributed by atoms with van der Waals surface area (Å²) in [4.78, 5) is 16.4. The smallest absolute Gasteiger partial charge is 0.126 e. The molecule has 1 radical (unpaired) electrons. The number of para-hydroxylation sites is 2. The molecule has 11 nitrogen and oxygen atoms in total. The molecular formula is C46H34IrN9O2-. The molecule has 11 aromatic rings. The van der Waals surface area contributed by atoms with E-state index in [1.54, 1.807) is 30.0 Å². The van der Waals surface area contributed by atoms with Crippen molar-refractivity contribution < 1.29 is 29.6 Å². The predicted molar refractivity (Wildman–Crippen MR) is 224 cm³/mol. The van der Waals surface area contributed by atoms with Crippen molar-refractivity contribution in [2.24, 2.45) is 0 Å². The summed E-state index contributed by atoms with van der Waals surface area (Å²) in [7, 11) is 3.36. The van der Waals surface area contributed by atoms with E-state index in [0.717, 1.165) is 83.2 Å².